The van der Waals surface area contributed by atoms with Crippen molar-refractivity contribution in [3.63, 3.8) is 0 Å². The molecular formula is C12H13NOS2. The number of carbonyl (C=O) groups excluding carboxylic acids is 1. The first-order chi connectivity index (χ1) is 7.86. The number of thiophene rings is 1. The second kappa shape index (κ2) is 4.26. The minimum absolute atomic E-state index is 0.766. The van der Waals surface area contributed by atoms with Gasteiger partial charge in [-0.05, 0) is 31.1 Å². The Kier molecular flexibility index (Phi) is 2.77. The van der Waals surface area contributed by atoms with Crippen molar-refractivity contribution in [1.29, 1.82) is 0 Å². The predicted molar refractivity (Wildman–Crippen MR) is 69.9 cm³/mol. The van der Waals surface area contributed by atoms with Gasteiger partial charge in [-0.1, -0.05) is 0 Å². The first kappa shape index (κ1) is 10.4. The Balaban J connectivity index is 1.83. The van der Waals surface area contributed by atoms with Gasteiger partial charge in [-0.2, -0.15) is 0 Å². The summed E-state index contributed by atoms with van der Waals surface area (Å²) in [5, 5.41) is 1.39. The highest BCUT2D eigenvalue weighted by Crippen LogP contribution is 2.39. The molecule has 1 aromatic heterocycles. The Morgan fingerprint density at radius 1 is 1.38 bits per heavy atom. The molecule has 0 saturated carbocycles. The Bertz CT molecular complexity index is 438. The van der Waals surface area contributed by atoms with E-state index in [1.165, 1.54) is 35.0 Å². The third kappa shape index (κ3) is 1.80. The topological polar surface area (TPSA) is 20.3 Å². The van der Waals surface area contributed by atoms with E-state index in [0.29, 0.717) is 0 Å². The minimum Gasteiger partial charge on any atom is -0.363 e. The van der Waals surface area contributed by atoms with Crippen LogP contribution in [0.2, 0.25) is 0 Å². The minimum atomic E-state index is 0.766. The van der Waals surface area contributed by atoms with Crippen LogP contribution >= 0.6 is 23.1 Å². The molecule has 3 heterocycles. The van der Waals surface area contributed by atoms with Gasteiger partial charge < -0.3 is 4.90 Å². The van der Waals surface area contributed by atoms with Crippen molar-refractivity contribution in [2.24, 2.45) is 0 Å². The van der Waals surface area contributed by atoms with Gasteiger partial charge in [0.1, 0.15) is 0 Å². The zero-order valence-electron chi connectivity index (χ0n) is 8.89. The van der Waals surface area contributed by atoms with Gasteiger partial charge in [0.05, 0.1) is 9.91 Å². The lowest BCUT2D eigenvalue weighted by atomic mass is 10.2. The summed E-state index contributed by atoms with van der Waals surface area (Å²) in [5.41, 5.74) is 0. The van der Waals surface area contributed by atoms with Crippen LogP contribution in [-0.2, 0) is 0 Å². The fourth-order valence-electron chi connectivity index (χ4n) is 2.32. The van der Waals surface area contributed by atoms with Crippen LogP contribution in [0.25, 0.3) is 6.08 Å². The van der Waals surface area contributed by atoms with E-state index >= 15 is 0 Å². The monoisotopic (exact) mass is 251 g/mol. The zero-order chi connectivity index (χ0) is 11.0. The molecule has 0 aromatic carbocycles. The summed E-state index contributed by atoms with van der Waals surface area (Å²) in [6.45, 7) is 1.20. The van der Waals surface area contributed by atoms with Gasteiger partial charge in [-0.15, -0.1) is 23.1 Å². The van der Waals surface area contributed by atoms with E-state index in [1.54, 1.807) is 11.3 Å². The number of rotatable bonds is 2. The summed E-state index contributed by atoms with van der Waals surface area (Å²) in [6.07, 6.45) is 5.82. The maximum absolute atomic E-state index is 10.6. The molecule has 2 aliphatic rings. The molecule has 3 rings (SSSR count). The molecule has 0 amide bonds. The fraction of sp³-hybridized carbons (Fsp3) is 0.417. The maximum Gasteiger partial charge on any atom is 0.160 e. The van der Waals surface area contributed by atoms with E-state index in [0.717, 1.165) is 17.2 Å². The second-order valence-corrected chi connectivity index (χ2v) is 6.33. The van der Waals surface area contributed by atoms with Crippen LogP contribution in [0.3, 0.4) is 0 Å². The van der Waals surface area contributed by atoms with Crippen LogP contribution < -0.4 is 0 Å². The van der Waals surface area contributed by atoms with Crippen molar-refractivity contribution in [2.75, 3.05) is 12.3 Å². The van der Waals surface area contributed by atoms with Crippen LogP contribution in [0.1, 0.15) is 27.4 Å². The van der Waals surface area contributed by atoms with Crippen molar-refractivity contribution >= 4 is 35.5 Å². The van der Waals surface area contributed by atoms with Crippen LogP contribution in [0.5, 0.6) is 0 Å². The van der Waals surface area contributed by atoms with Crippen molar-refractivity contribution in [2.45, 2.75) is 18.9 Å². The summed E-state index contributed by atoms with van der Waals surface area (Å²) in [4.78, 5) is 15.1. The highest BCUT2D eigenvalue weighted by Gasteiger charge is 2.32. The second-order valence-electron chi connectivity index (χ2n) is 4.14. The number of fused-ring (bicyclic) bond motifs is 1. The average molecular weight is 251 g/mol. The van der Waals surface area contributed by atoms with E-state index in [1.807, 2.05) is 23.9 Å². The molecule has 1 atom stereocenters. The van der Waals surface area contributed by atoms with Gasteiger partial charge in [-0.3, -0.25) is 4.79 Å². The number of nitrogens with zero attached hydrogens (tertiary/aromatic N) is 1. The van der Waals surface area contributed by atoms with Crippen LogP contribution in [0, 0.1) is 0 Å². The third-order valence-corrected chi connectivity index (χ3v) is 5.27. The Hall–Kier alpha value is -0.740. The Morgan fingerprint density at radius 2 is 2.25 bits per heavy atom. The lowest BCUT2D eigenvalue weighted by molar-refractivity contribution is 0.112. The molecule has 0 spiro atoms. The molecule has 0 radical (unpaired) electrons. The average Bonchev–Trinajstić information content (AvgIpc) is 2.97. The summed E-state index contributed by atoms with van der Waals surface area (Å²) in [5.74, 6) is 1.23. The molecule has 2 fully saturated rings. The number of aldehydes is 1. The molecule has 16 heavy (non-hydrogen) atoms. The zero-order valence-corrected chi connectivity index (χ0v) is 10.5. The summed E-state index contributed by atoms with van der Waals surface area (Å²) in [7, 11) is 0. The first-order valence-corrected chi connectivity index (χ1v) is 7.33. The maximum atomic E-state index is 10.6. The summed E-state index contributed by atoms with van der Waals surface area (Å²) < 4.78 is 0. The third-order valence-electron chi connectivity index (χ3n) is 3.11. The van der Waals surface area contributed by atoms with Crippen molar-refractivity contribution < 1.29 is 4.79 Å². The molecule has 0 bridgehead atoms. The Labute approximate surface area is 103 Å². The standard InChI is InChI=1S/C12H13NOS2/c14-7-11-4-3-10(16-11)6-12-13-5-1-2-9(13)8-15-12/h3-4,6-7,9H,1-2,5,8H2/b12-6-/t9-/m0/s1. The van der Waals surface area contributed by atoms with Crippen LogP contribution in [-0.4, -0.2) is 29.5 Å². The van der Waals surface area contributed by atoms with Gasteiger partial charge in [0.25, 0.3) is 0 Å². The lowest BCUT2D eigenvalue weighted by Crippen LogP contribution is -2.22. The summed E-state index contributed by atoms with van der Waals surface area (Å²) in [6, 6.07) is 4.69. The molecule has 1 aromatic rings. The van der Waals surface area contributed by atoms with Crippen molar-refractivity contribution in [3.8, 4) is 0 Å². The van der Waals surface area contributed by atoms with Gasteiger partial charge in [-0.25, -0.2) is 0 Å². The molecule has 0 unspecified atom stereocenters. The van der Waals surface area contributed by atoms with E-state index < -0.39 is 0 Å². The Morgan fingerprint density at radius 3 is 3.06 bits per heavy atom. The first-order valence-electron chi connectivity index (χ1n) is 5.53. The number of carbonyl (C=O) groups is 1. The molecule has 2 aliphatic heterocycles. The van der Waals surface area contributed by atoms with Crippen LogP contribution in [0.4, 0.5) is 0 Å². The fourth-order valence-corrected chi connectivity index (χ4v) is 4.48. The van der Waals surface area contributed by atoms with Gasteiger partial charge in [0.15, 0.2) is 6.29 Å². The number of thioether (sulfide) groups is 1. The molecule has 0 N–H and O–H groups in total. The normalized spacial score (nSPS) is 26.4. The number of hydrogen-bond donors (Lipinski definition) is 0. The molecule has 2 saturated heterocycles. The highest BCUT2D eigenvalue weighted by atomic mass is 32.2. The quantitative estimate of drug-likeness (QED) is 0.753. The van der Waals surface area contributed by atoms with Gasteiger partial charge in [0, 0.05) is 23.2 Å². The molecular weight excluding hydrogens is 238 g/mol. The largest absolute Gasteiger partial charge is 0.363 e. The number of hydrogen-bond acceptors (Lipinski definition) is 4. The van der Waals surface area contributed by atoms with E-state index in [9.17, 15) is 4.79 Å². The molecule has 2 nitrogen and oxygen atoms in total. The van der Waals surface area contributed by atoms with Gasteiger partial charge in [0.2, 0.25) is 0 Å². The van der Waals surface area contributed by atoms with E-state index in [2.05, 4.69) is 11.0 Å². The predicted octanol–water partition coefficient (Wildman–Crippen LogP) is 3.07. The van der Waals surface area contributed by atoms with Crippen LogP contribution in [0.15, 0.2) is 17.2 Å². The SMILES string of the molecule is O=Cc1ccc(/C=C2\SC[C@@H]3CCCN23)s1. The van der Waals surface area contributed by atoms with Gasteiger partial charge >= 0.3 is 0 Å². The smallest absolute Gasteiger partial charge is 0.160 e. The molecule has 0 aliphatic carbocycles. The van der Waals surface area contributed by atoms with Crippen molar-refractivity contribution in [3.05, 3.63) is 26.9 Å². The highest BCUT2D eigenvalue weighted by molar-refractivity contribution is 8.03. The summed E-state index contributed by atoms with van der Waals surface area (Å²) >= 11 is 3.52. The van der Waals surface area contributed by atoms with E-state index in [4.69, 9.17) is 0 Å². The van der Waals surface area contributed by atoms with Crippen molar-refractivity contribution in [1.82, 2.24) is 4.90 Å². The lowest BCUT2D eigenvalue weighted by Gasteiger charge is -2.17. The molecule has 84 valence electrons. The molecule has 4 heteroatoms. The van der Waals surface area contributed by atoms with E-state index in [-0.39, 0.29) is 0 Å².